The maximum absolute atomic E-state index is 13.5. The topological polar surface area (TPSA) is 101 Å². The molecule has 10 heteroatoms. The molecule has 0 spiro atoms. The van der Waals surface area contributed by atoms with E-state index in [1.54, 1.807) is 43.5 Å². The number of amides is 1. The minimum absolute atomic E-state index is 0.0814. The van der Waals surface area contributed by atoms with Crippen LogP contribution < -0.4 is 14.2 Å². The lowest BCUT2D eigenvalue weighted by Crippen LogP contribution is -2.31. The average molecular weight is 581 g/mol. The summed E-state index contributed by atoms with van der Waals surface area (Å²) in [6.45, 7) is 0.182. The Labute approximate surface area is 240 Å². The van der Waals surface area contributed by atoms with Gasteiger partial charge in [-0.3, -0.25) is 9.59 Å². The van der Waals surface area contributed by atoms with Gasteiger partial charge < -0.3 is 29.2 Å². The highest BCUT2D eigenvalue weighted by Crippen LogP contribution is 2.43. The van der Waals surface area contributed by atoms with Crippen LogP contribution >= 0.6 is 23.2 Å². The number of aromatic amines is 1. The predicted octanol–water partition coefficient (Wildman–Crippen LogP) is 6.16. The van der Waals surface area contributed by atoms with Crippen LogP contribution in [0.3, 0.4) is 0 Å². The number of hydrogen-bond acceptors (Lipinski definition) is 6. The van der Waals surface area contributed by atoms with Crippen molar-refractivity contribution in [3.63, 3.8) is 0 Å². The summed E-state index contributed by atoms with van der Waals surface area (Å²) in [4.78, 5) is 31.6. The van der Waals surface area contributed by atoms with Crippen molar-refractivity contribution in [2.75, 3.05) is 27.9 Å². The minimum atomic E-state index is -0.947. The molecule has 2 heterocycles. The number of ketones is 1. The Morgan fingerprint density at radius 1 is 0.950 bits per heavy atom. The third-order valence-corrected chi connectivity index (χ3v) is 7.61. The summed E-state index contributed by atoms with van der Waals surface area (Å²) in [7, 11) is 4.56. The molecule has 5 rings (SSSR count). The number of likely N-dealkylation sites (tertiary alicyclic amines) is 1. The summed E-state index contributed by atoms with van der Waals surface area (Å²) in [5.41, 5.74) is 2.53. The molecule has 4 aromatic rings. The van der Waals surface area contributed by atoms with Crippen LogP contribution in [-0.4, -0.2) is 54.6 Å². The van der Waals surface area contributed by atoms with Crippen molar-refractivity contribution in [2.45, 2.75) is 12.5 Å². The third kappa shape index (κ3) is 4.85. The van der Waals surface area contributed by atoms with Gasteiger partial charge in [-0.05, 0) is 66.1 Å². The quantitative estimate of drug-likeness (QED) is 0.147. The lowest BCUT2D eigenvalue weighted by atomic mass is 9.95. The molecular formula is C30H26Cl2N2O6. The van der Waals surface area contributed by atoms with E-state index >= 15 is 0 Å². The molecule has 40 heavy (non-hydrogen) atoms. The molecule has 0 unspecified atom stereocenters. The second kappa shape index (κ2) is 11.2. The molecule has 0 saturated carbocycles. The van der Waals surface area contributed by atoms with Gasteiger partial charge in [0.05, 0.1) is 32.9 Å². The molecule has 0 radical (unpaired) electrons. The van der Waals surface area contributed by atoms with Crippen molar-refractivity contribution in [2.24, 2.45) is 0 Å². The number of rotatable bonds is 8. The number of nitrogens with zero attached hydrogens (tertiary/aromatic N) is 1. The van der Waals surface area contributed by atoms with E-state index in [-0.39, 0.29) is 28.5 Å². The number of carbonyl (C=O) groups is 2. The number of aromatic nitrogens is 1. The van der Waals surface area contributed by atoms with Crippen molar-refractivity contribution < 1.29 is 28.9 Å². The Balaban J connectivity index is 1.59. The number of methoxy groups -OCH3 is 3. The number of hydrogen-bond donors (Lipinski definition) is 2. The molecule has 1 aliphatic rings. The van der Waals surface area contributed by atoms with Crippen LogP contribution in [0.4, 0.5) is 0 Å². The first-order valence-corrected chi connectivity index (χ1v) is 13.1. The van der Waals surface area contributed by atoms with Gasteiger partial charge in [-0.1, -0.05) is 29.3 Å². The zero-order valence-corrected chi connectivity index (χ0v) is 23.5. The van der Waals surface area contributed by atoms with E-state index in [1.165, 1.54) is 19.1 Å². The average Bonchev–Trinajstić information content (AvgIpc) is 3.48. The van der Waals surface area contributed by atoms with Gasteiger partial charge in [0.2, 0.25) is 0 Å². The van der Waals surface area contributed by atoms with Crippen LogP contribution in [0.1, 0.15) is 22.7 Å². The SMILES string of the molecule is COc1ccc2[nH]cc(CCN3C(=O)C(=O)C(=C(O)c4ccc(OC)c(OC)c4)[C@@H]3c3ccc(Cl)cc3Cl)c2c1. The van der Waals surface area contributed by atoms with Crippen molar-refractivity contribution in [1.29, 1.82) is 0 Å². The maximum atomic E-state index is 13.5. The Morgan fingerprint density at radius 2 is 1.73 bits per heavy atom. The lowest BCUT2D eigenvalue weighted by Gasteiger charge is -2.26. The first-order chi connectivity index (χ1) is 19.3. The van der Waals surface area contributed by atoms with E-state index in [2.05, 4.69) is 4.98 Å². The summed E-state index contributed by atoms with van der Waals surface area (Å²) in [6, 6.07) is 14.3. The highest BCUT2D eigenvalue weighted by molar-refractivity contribution is 6.47. The number of aliphatic hydroxyl groups is 1. The largest absolute Gasteiger partial charge is 0.507 e. The maximum Gasteiger partial charge on any atom is 0.295 e. The van der Waals surface area contributed by atoms with E-state index in [1.807, 2.05) is 24.4 Å². The predicted molar refractivity (Wildman–Crippen MR) is 154 cm³/mol. The first-order valence-electron chi connectivity index (χ1n) is 12.4. The number of halogens is 2. The second-order valence-electron chi connectivity index (χ2n) is 9.20. The molecule has 1 aromatic heterocycles. The van der Waals surface area contributed by atoms with E-state index in [0.29, 0.717) is 34.3 Å². The Kier molecular flexibility index (Phi) is 7.65. The molecule has 206 valence electrons. The van der Waals surface area contributed by atoms with Crippen molar-refractivity contribution in [3.05, 3.63) is 93.1 Å². The van der Waals surface area contributed by atoms with Gasteiger partial charge in [-0.15, -0.1) is 0 Å². The Morgan fingerprint density at radius 3 is 2.42 bits per heavy atom. The van der Waals surface area contributed by atoms with E-state index < -0.39 is 17.7 Å². The van der Waals surface area contributed by atoms with Crippen LogP contribution in [-0.2, 0) is 16.0 Å². The van der Waals surface area contributed by atoms with Crippen LogP contribution in [0, 0.1) is 0 Å². The van der Waals surface area contributed by atoms with Gasteiger partial charge in [0, 0.05) is 39.3 Å². The van der Waals surface area contributed by atoms with E-state index in [9.17, 15) is 14.7 Å². The first kappa shape index (κ1) is 27.4. The fraction of sp³-hybridized carbons (Fsp3) is 0.200. The van der Waals surface area contributed by atoms with Gasteiger partial charge in [0.25, 0.3) is 11.7 Å². The number of benzene rings is 3. The molecule has 2 N–H and O–H groups in total. The van der Waals surface area contributed by atoms with Gasteiger partial charge >= 0.3 is 0 Å². The highest BCUT2D eigenvalue weighted by Gasteiger charge is 2.46. The standard InChI is InChI=1S/C30H26Cl2N2O6/c1-38-19-6-8-23-21(14-19)17(15-33-23)10-11-34-27(20-7-5-18(31)13-22(20)32)26(29(36)30(34)37)28(35)16-4-9-24(39-2)25(12-16)40-3/h4-9,12-15,27,33,35H,10-11H2,1-3H3/t27-/m0/s1. The van der Waals surface area contributed by atoms with Crippen LogP contribution in [0.5, 0.6) is 17.2 Å². The second-order valence-corrected chi connectivity index (χ2v) is 10.0. The lowest BCUT2D eigenvalue weighted by molar-refractivity contribution is -0.139. The number of aliphatic hydroxyl groups excluding tert-OH is 1. The molecule has 0 aliphatic carbocycles. The van der Waals surface area contributed by atoms with Crippen molar-refractivity contribution in [3.8, 4) is 17.2 Å². The van der Waals surface area contributed by atoms with Crippen LogP contribution in [0.25, 0.3) is 16.7 Å². The monoisotopic (exact) mass is 580 g/mol. The smallest absolute Gasteiger partial charge is 0.295 e. The summed E-state index contributed by atoms with van der Waals surface area (Å²) < 4.78 is 16.0. The third-order valence-electron chi connectivity index (χ3n) is 7.05. The normalized spacial score (nSPS) is 16.5. The minimum Gasteiger partial charge on any atom is -0.507 e. The molecule has 1 atom stereocenters. The number of Topliss-reactive ketones (excluding diaryl/α,β-unsaturated/α-hetero) is 1. The van der Waals surface area contributed by atoms with Gasteiger partial charge in [0.15, 0.2) is 11.5 Å². The molecule has 1 fully saturated rings. The molecular weight excluding hydrogens is 555 g/mol. The molecule has 1 saturated heterocycles. The van der Waals surface area contributed by atoms with Gasteiger partial charge in [0.1, 0.15) is 11.5 Å². The number of fused-ring (bicyclic) bond motifs is 1. The van der Waals surface area contributed by atoms with E-state index in [4.69, 9.17) is 37.4 Å². The van der Waals surface area contributed by atoms with Crippen molar-refractivity contribution >= 4 is 51.6 Å². The van der Waals surface area contributed by atoms with Gasteiger partial charge in [-0.25, -0.2) is 0 Å². The summed E-state index contributed by atoms with van der Waals surface area (Å²) in [5, 5.41) is 13.0. The molecule has 8 nitrogen and oxygen atoms in total. The molecule has 1 amide bonds. The molecule has 3 aromatic carbocycles. The van der Waals surface area contributed by atoms with Crippen LogP contribution in [0.15, 0.2) is 66.4 Å². The van der Waals surface area contributed by atoms with E-state index in [0.717, 1.165) is 16.5 Å². The number of ether oxygens (including phenoxy) is 3. The summed E-state index contributed by atoms with van der Waals surface area (Å²) >= 11 is 12.7. The number of carbonyl (C=O) groups excluding carboxylic acids is 2. The number of nitrogens with one attached hydrogen (secondary N) is 1. The fourth-order valence-corrected chi connectivity index (χ4v) is 5.54. The molecule has 1 aliphatic heterocycles. The highest BCUT2D eigenvalue weighted by atomic mass is 35.5. The van der Waals surface area contributed by atoms with Crippen LogP contribution in [0.2, 0.25) is 10.0 Å². The fourth-order valence-electron chi connectivity index (χ4n) is 5.03. The zero-order valence-electron chi connectivity index (χ0n) is 22.0. The number of H-pyrrole nitrogens is 1. The Hall–Kier alpha value is -4.14. The summed E-state index contributed by atoms with van der Waals surface area (Å²) in [6.07, 6.45) is 2.30. The zero-order chi connectivity index (χ0) is 28.6. The molecule has 0 bridgehead atoms. The Bertz CT molecular complexity index is 1660. The van der Waals surface area contributed by atoms with Gasteiger partial charge in [-0.2, -0.15) is 0 Å². The summed E-state index contributed by atoms with van der Waals surface area (Å²) in [5.74, 6) is -0.394. The van der Waals surface area contributed by atoms with Crippen molar-refractivity contribution in [1.82, 2.24) is 9.88 Å².